The van der Waals surface area contributed by atoms with E-state index in [0.717, 1.165) is 23.8 Å². The zero-order valence-electron chi connectivity index (χ0n) is 17.0. The average Bonchev–Trinajstić information content (AvgIpc) is 3.43. The van der Waals surface area contributed by atoms with Gasteiger partial charge in [0.05, 0.1) is 42.5 Å². The van der Waals surface area contributed by atoms with E-state index in [-0.39, 0.29) is 24.8 Å². The summed E-state index contributed by atoms with van der Waals surface area (Å²) in [6.07, 6.45) is 1.82. The minimum Gasteiger partial charge on any atom is -0.479 e. The van der Waals surface area contributed by atoms with Gasteiger partial charge in [-0.05, 0) is 18.4 Å². The van der Waals surface area contributed by atoms with E-state index in [4.69, 9.17) is 14.2 Å². The number of benzene rings is 1. The quantitative estimate of drug-likeness (QED) is 0.551. The van der Waals surface area contributed by atoms with E-state index in [0.29, 0.717) is 29.5 Å². The molecule has 1 unspecified atom stereocenters. The first-order valence-corrected chi connectivity index (χ1v) is 9.84. The normalized spacial score (nSPS) is 17.1. The van der Waals surface area contributed by atoms with Gasteiger partial charge in [0, 0.05) is 19.8 Å². The van der Waals surface area contributed by atoms with Crippen LogP contribution in [0.15, 0.2) is 36.4 Å². The van der Waals surface area contributed by atoms with Crippen LogP contribution in [0.3, 0.4) is 0 Å². The molecule has 30 heavy (non-hydrogen) atoms. The van der Waals surface area contributed by atoms with Crippen molar-refractivity contribution in [3.8, 4) is 5.88 Å². The molecular formula is C21H25N5O4. The third kappa shape index (κ3) is 4.22. The van der Waals surface area contributed by atoms with E-state index < -0.39 is 0 Å². The van der Waals surface area contributed by atoms with Crippen LogP contribution in [0.2, 0.25) is 0 Å². The fourth-order valence-corrected chi connectivity index (χ4v) is 3.75. The number of pyridine rings is 1. The van der Waals surface area contributed by atoms with E-state index in [1.807, 2.05) is 30.3 Å². The zero-order valence-corrected chi connectivity index (χ0v) is 17.0. The van der Waals surface area contributed by atoms with Crippen LogP contribution < -0.4 is 15.4 Å². The summed E-state index contributed by atoms with van der Waals surface area (Å²) in [7, 11) is 3.12. The molecule has 1 aromatic carbocycles. The summed E-state index contributed by atoms with van der Waals surface area (Å²) in [5, 5.41) is 13.6. The number of H-pyrrole nitrogens is 1. The number of aromatic amines is 1. The smallest absolute Gasteiger partial charge is 0.320 e. The zero-order chi connectivity index (χ0) is 20.9. The SMILES string of the molecule is COCc1nc(NC(=O)NC(c2ccccc2)[C@H]2CCCO2)cc2[nH]nc(OC)c12. The third-order valence-electron chi connectivity index (χ3n) is 5.08. The number of aromatic nitrogens is 3. The van der Waals surface area contributed by atoms with Gasteiger partial charge in [-0.2, -0.15) is 0 Å². The van der Waals surface area contributed by atoms with Crippen molar-refractivity contribution in [1.82, 2.24) is 20.5 Å². The predicted molar refractivity (Wildman–Crippen MR) is 111 cm³/mol. The second-order valence-corrected chi connectivity index (χ2v) is 7.08. The molecule has 3 aromatic rings. The highest BCUT2D eigenvalue weighted by atomic mass is 16.5. The number of nitrogens with one attached hydrogen (secondary N) is 3. The number of ether oxygens (including phenoxy) is 3. The van der Waals surface area contributed by atoms with Gasteiger partial charge in [0.25, 0.3) is 0 Å². The van der Waals surface area contributed by atoms with Crippen molar-refractivity contribution in [2.24, 2.45) is 0 Å². The predicted octanol–water partition coefficient (Wildman–Crippen LogP) is 3.15. The topological polar surface area (TPSA) is 110 Å². The minimum absolute atomic E-state index is 0.0606. The number of hydrogen-bond donors (Lipinski definition) is 3. The number of hydrogen-bond acceptors (Lipinski definition) is 6. The average molecular weight is 411 g/mol. The van der Waals surface area contributed by atoms with Crippen LogP contribution in [0.1, 0.15) is 30.1 Å². The number of fused-ring (bicyclic) bond motifs is 1. The number of nitrogens with zero attached hydrogens (tertiary/aromatic N) is 2. The lowest BCUT2D eigenvalue weighted by molar-refractivity contribution is 0.0815. The van der Waals surface area contributed by atoms with Gasteiger partial charge < -0.3 is 19.5 Å². The van der Waals surface area contributed by atoms with Crippen LogP contribution in [-0.4, -0.2) is 48.1 Å². The Balaban J connectivity index is 1.55. The largest absolute Gasteiger partial charge is 0.479 e. The summed E-state index contributed by atoms with van der Waals surface area (Å²) < 4.78 is 16.4. The van der Waals surface area contributed by atoms with Gasteiger partial charge in [0.15, 0.2) is 0 Å². The molecule has 0 aliphatic carbocycles. The summed E-state index contributed by atoms with van der Waals surface area (Å²) in [4.78, 5) is 17.3. The number of carbonyl (C=O) groups excluding carboxylic acids is 1. The second kappa shape index (κ2) is 9.10. The molecule has 2 atom stereocenters. The van der Waals surface area contributed by atoms with Crippen molar-refractivity contribution in [2.75, 3.05) is 26.1 Å². The summed E-state index contributed by atoms with van der Waals surface area (Å²) in [6, 6.07) is 10.9. The van der Waals surface area contributed by atoms with E-state index in [9.17, 15) is 4.79 Å². The number of carbonyl (C=O) groups is 1. The van der Waals surface area contributed by atoms with Crippen LogP contribution in [0, 0.1) is 0 Å². The molecule has 9 heteroatoms. The second-order valence-electron chi connectivity index (χ2n) is 7.08. The lowest BCUT2D eigenvalue weighted by atomic mass is 9.99. The van der Waals surface area contributed by atoms with Crippen molar-refractivity contribution in [2.45, 2.75) is 31.6 Å². The van der Waals surface area contributed by atoms with Crippen LogP contribution in [0.5, 0.6) is 5.88 Å². The van der Waals surface area contributed by atoms with Crippen LogP contribution >= 0.6 is 0 Å². The summed E-state index contributed by atoms with van der Waals surface area (Å²) in [5.74, 6) is 0.820. The molecule has 1 saturated heterocycles. The van der Waals surface area contributed by atoms with Crippen molar-refractivity contribution >= 4 is 22.8 Å². The molecule has 0 spiro atoms. The van der Waals surface area contributed by atoms with Crippen molar-refractivity contribution in [1.29, 1.82) is 0 Å². The molecule has 0 radical (unpaired) electrons. The molecule has 9 nitrogen and oxygen atoms in total. The Morgan fingerprint density at radius 2 is 2.17 bits per heavy atom. The Kier molecular flexibility index (Phi) is 6.10. The Morgan fingerprint density at radius 3 is 2.87 bits per heavy atom. The molecule has 0 saturated carbocycles. The lowest BCUT2D eigenvalue weighted by Gasteiger charge is -2.24. The number of methoxy groups -OCH3 is 2. The van der Waals surface area contributed by atoms with Gasteiger partial charge in [-0.1, -0.05) is 30.3 Å². The first-order valence-electron chi connectivity index (χ1n) is 9.84. The van der Waals surface area contributed by atoms with Crippen molar-refractivity contribution in [3.05, 3.63) is 47.7 Å². The third-order valence-corrected chi connectivity index (χ3v) is 5.08. The Morgan fingerprint density at radius 1 is 1.33 bits per heavy atom. The molecule has 1 fully saturated rings. The van der Waals surface area contributed by atoms with Gasteiger partial charge in [-0.15, -0.1) is 5.10 Å². The number of amides is 2. The standard InChI is InChI=1S/C21H25N5O4/c1-28-12-15-18-14(25-26-20(18)29-2)11-17(22-15)23-21(27)24-19(16-9-6-10-30-16)13-7-4-3-5-8-13/h3-5,7-8,11,16,19H,6,9-10,12H2,1-2H3,(H,25,26)(H2,22,23,24,27)/t16-,19?/m1/s1. The molecule has 3 heterocycles. The van der Waals surface area contributed by atoms with Gasteiger partial charge in [0.1, 0.15) is 5.82 Å². The van der Waals surface area contributed by atoms with Gasteiger partial charge in [-0.25, -0.2) is 9.78 Å². The number of anilines is 1. The maximum absolute atomic E-state index is 12.8. The molecule has 3 N–H and O–H groups in total. The van der Waals surface area contributed by atoms with E-state index in [2.05, 4.69) is 25.8 Å². The molecule has 1 aliphatic heterocycles. The monoisotopic (exact) mass is 411 g/mol. The molecular weight excluding hydrogens is 386 g/mol. The highest BCUT2D eigenvalue weighted by Crippen LogP contribution is 2.29. The van der Waals surface area contributed by atoms with E-state index in [1.54, 1.807) is 20.3 Å². The summed E-state index contributed by atoms with van der Waals surface area (Å²) >= 11 is 0. The van der Waals surface area contributed by atoms with Crippen molar-refractivity contribution in [3.63, 3.8) is 0 Å². The minimum atomic E-state index is -0.360. The summed E-state index contributed by atoms with van der Waals surface area (Å²) in [5.41, 5.74) is 2.32. The maximum Gasteiger partial charge on any atom is 0.320 e. The highest BCUT2D eigenvalue weighted by Gasteiger charge is 2.29. The number of rotatable bonds is 7. The van der Waals surface area contributed by atoms with Gasteiger partial charge >= 0.3 is 6.03 Å². The van der Waals surface area contributed by atoms with Gasteiger partial charge in [-0.3, -0.25) is 10.4 Å². The van der Waals surface area contributed by atoms with E-state index in [1.165, 1.54) is 0 Å². The summed E-state index contributed by atoms with van der Waals surface area (Å²) in [6.45, 7) is 0.962. The molecule has 1 aliphatic rings. The molecule has 2 aromatic heterocycles. The van der Waals surface area contributed by atoms with Crippen LogP contribution in [0.4, 0.5) is 10.6 Å². The lowest BCUT2D eigenvalue weighted by Crippen LogP contribution is -2.38. The molecule has 2 amide bonds. The van der Waals surface area contributed by atoms with Gasteiger partial charge in [0.2, 0.25) is 5.88 Å². The fourth-order valence-electron chi connectivity index (χ4n) is 3.75. The van der Waals surface area contributed by atoms with Crippen LogP contribution in [0.25, 0.3) is 10.9 Å². The number of urea groups is 1. The fraction of sp³-hybridized carbons (Fsp3) is 0.381. The Hall–Kier alpha value is -3.17. The Bertz CT molecular complexity index is 1000. The molecule has 0 bridgehead atoms. The van der Waals surface area contributed by atoms with Crippen LogP contribution in [-0.2, 0) is 16.1 Å². The highest BCUT2D eigenvalue weighted by molar-refractivity contribution is 5.93. The van der Waals surface area contributed by atoms with E-state index >= 15 is 0 Å². The maximum atomic E-state index is 12.8. The molecule has 158 valence electrons. The Labute approximate surface area is 174 Å². The first kappa shape index (κ1) is 20.1. The van der Waals surface area contributed by atoms with Crippen molar-refractivity contribution < 1.29 is 19.0 Å². The first-order chi connectivity index (χ1) is 14.7. The molecule has 4 rings (SSSR count).